The van der Waals surface area contributed by atoms with E-state index >= 15 is 8.78 Å². The molecule has 3 aliphatic rings. The van der Waals surface area contributed by atoms with Crippen LogP contribution in [0, 0.1) is 11.6 Å². The maximum Gasteiger partial charge on any atom is 0.341 e. The number of carbonyl (C=O) groups is 1. The van der Waals surface area contributed by atoms with Crippen LogP contribution in [0.3, 0.4) is 0 Å². The van der Waals surface area contributed by atoms with Gasteiger partial charge in [0.25, 0.3) is 0 Å². The van der Waals surface area contributed by atoms with Crippen LogP contribution in [0.5, 0.6) is 0 Å². The minimum absolute atomic E-state index is 0.0353. The molecule has 0 bridgehead atoms. The Labute approximate surface area is 163 Å². The van der Waals surface area contributed by atoms with Crippen LogP contribution >= 0.6 is 11.6 Å². The Balaban J connectivity index is 1.77. The van der Waals surface area contributed by atoms with Gasteiger partial charge in [0.05, 0.1) is 21.8 Å². The summed E-state index contributed by atoms with van der Waals surface area (Å²) in [6.45, 7) is 1.51. The predicted molar refractivity (Wildman–Crippen MR) is 101 cm³/mol. The highest BCUT2D eigenvalue weighted by atomic mass is 35.5. The van der Waals surface area contributed by atoms with E-state index in [1.807, 2.05) is 0 Å². The number of nitrogens with zero attached hydrogens (tertiary/aromatic N) is 2. The second-order valence-electron chi connectivity index (χ2n) is 7.86. The lowest BCUT2D eigenvalue weighted by atomic mass is 10.0. The van der Waals surface area contributed by atoms with E-state index in [2.05, 4.69) is 5.32 Å². The number of benzene rings is 1. The highest BCUT2D eigenvalue weighted by molar-refractivity contribution is 6.25. The van der Waals surface area contributed by atoms with E-state index in [0.29, 0.717) is 26.1 Å². The van der Waals surface area contributed by atoms with Crippen molar-refractivity contribution in [2.45, 2.75) is 36.2 Å². The Hall–Kier alpha value is -2.19. The number of fused-ring (bicyclic) bond motifs is 2. The van der Waals surface area contributed by atoms with Crippen molar-refractivity contribution >= 4 is 34.2 Å². The molecule has 3 heterocycles. The zero-order chi connectivity index (χ0) is 19.8. The fraction of sp³-hybridized carbons (Fsp3) is 0.474. The van der Waals surface area contributed by atoms with Crippen molar-refractivity contribution < 1.29 is 18.7 Å². The molecule has 2 saturated heterocycles. The first kappa shape index (κ1) is 17.9. The molecule has 1 aromatic carbocycles. The third-order valence-corrected chi connectivity index (χ3v) is 6.71. The summed E-state index contributed by atoms with van der Waals surface area (Å²) in [5, 5.41) is 12.2. The van der Waals surface area contributed by atoms with Gasteiger partial charge in [0.2, 0.25) is 5.43 Å². The standard InChI is InChI=1S/C19H18ClF2N3O3/c20-19-3-4-24(13(19)6-23-8-19)16-12(21)5-10-15(14(16)22)25(9-1-2-9)7-11(17(10)26)18(27)28/h5,7,9,13,23H,1-4,6,8H2,(H,27,28). The largest absolute Gasteiger partial charge is 0.477 e. The number of aromatic nitrogens is 1. The first-order valence-electron chi connectivity index (χ1n) is 9.28. The number of rotatable bonds is 3. The lowest BCUT2D eigenvalue weighted by Gasteiger charge is -2.29. The number of alkyl halides is 1. The summed E-state index contributed by atoms with van der Waals surface area (Å²) in [5.41, 5.74) is -1.58. The summed E-state index contributed by atoms with van der Waals surface area (Å²) >= 11 is 6.64. The molecule has 6 nitrogen and oxygen atoms in total. The van der Waals surface area contributed by atoms with E-state index in [4.69, 9.17) is 11.6 Å². The van der Waals surface area contributed by atoms with Crippen LogP contribution in [-0.4, -0.2) is 46.2 Å². The van der Waals surface area contributed by atoms with Gasteiger partial charge >= 0.3 is 5.97 Å². The highest BCUT2D eigenvalue weighted by Crippen LogP contribution is 2.44. The van der Waals surface area contributed by atoms with Crippen molar-refractivity contribution in [2.75, 3.05) is 24.5 Å². The zero-order valence-corrected chi connectivity index (χ0v) is 15.6. The number of carboxylic acid groups (broad SMARTS) is 1. The summed E-state index contributed by atoms with van der Waals surface area (Å²) < 4.78 is 32.2. The Morgan fingerprint density at radius 2 is 2.11 bits per heavy atom. The van der Waals surface area contributed by atoms with Crippen molar-refractivity contribution in [2.24, 2.45) is 0 Å². The highest BCUT2D eigenvalue weighted by Gasteiger charge is 2.50. The quantitative estimate of drug-likeness (QED) is 0.762. The summed E-state index contributed by atoms with van der Waals surface area (Å²) in [7, 11) is 0. The first-order chi connectivity index (χ1) is 13.3. The smallest absolute Gasteiger partial charge is 0.341 e. The van der Waals surface area contributed by atoms with E-state index < -0.39 is 33.5 Å². The number of hydrogen-bond donors (Lipinski definition) is 2. The maximum absolute atomic E-state index is 15.7. The fourth-order valence-corrected chi connectivity index (χ4v) is 4.95. The van der Waals surface area contributed by atoms with E-state index in [9.17, 15) is 14.7 Å². The normalized spacial score (nSPS) is 26.8. The van der Waals surface area contributed by atoms with Gasteiger partial charge in [-0.2, -0.15) is 0 Å². The monoisotopic (exact) mass is 409 g/mol. The molecule has 2 aromatic rings. The SMILES string of the molecule is O=C(O)c1cn(C2CC2)c2c(F)c(N3CCC4(Cl)CNCC34)c(F)cc2c1=O. The molecule has 2 unspecified atom stereocenters. The molecule has 5 rings (SSSR count). The zero-order valence-electron chi connectivity index (χ0n) is 14.8. The minimum atomic E-state index is -1.41. The topological polar surface area (TPSA) is 74.6 Å². The van der Waals surface area contributed by atoms with Crippen LogP contribution < -0.4 is 15.6 Å². The van der Waals surface area contributed by atoms with E-state index in [1.165, 1.54) is 10.8 Å². The summed E-state index contributed by atoms with van der Waals surface area (Å²) in [6, 6.07) is 0.626. The van der Waals surface area contributed by atoms with Gasteiger partial charge in [0.1, 0.15) is 17.1 Å². The van der Waals surface area contributed by atoms with E-state index in [1.54, 1.807) is 4.90 Å². The Morgan fingerprint density at radius 3 is 2.79 bits per heavy atom. The van der Waals surface area contributed by atoms with Crippen LogP contribution in [0.4, 0.5) is 14.5 Å². The average molecular weight is 410 g/mol. The molecular formula is C19H18ClF2N3O3. The van der Waals surface area contributed by atoms with Gasteiger partial charge in [-0.3, -0.25) is 4.79 Å². The molecule has 0 amide bonds. The van der Waals surface area contributed by atoms with Crippen LogP contribution in [0.15, 0.2) is 17.1 Å². The predicted octanol–water partition coefficient (Wildman–Crippen LogP) is 2.47. The van der Waals surface area contributed by atoms with Gasteiger partial charge in [-0.05, 0) is 25.3 Å². The molecule has 1 aliphatic carbocycles. The number of hydrogen-bond acceptors (Lipinski definition) is 4. The number of carboxylic acids is 1. The van der Waals surface area contributed by atoms with Crippen molar-refractivity contribution in [1.82, 2.24) is 9.88 Å². The molecule has 0 spiro atoms. The summed E-state index contributed by atoms with van der Waals surface area (Å²) in [6.07, 6.45) is 3.29. The molecule has 9 heteroatoms. The fourth-order valence-electron chi connectivity index (χ4n) is 4.58. The maximum atomic E-state index is 15.7. The van der Waals surface area contributed by atoms with Crippen molar-refractivity contribution in [3.05, 3.63) is 39.7 Å². The molecule has 148 valence electrons. The van der Waals surface area contributed by atoms with Crippen LogP contribution in [0.25, 0.3) is 10.9 Å². The molecule has 2 N–H and O–H groups in total. The van der Waals surface area contributed by atoms with Crippen LogP contribution in [-0.2, 0) is 0 Å². The molecule has 3 fully saturated rings. The Kier molecular flexibility index (Phi) is 3.77. The number of aromatic carboxylic acids is 1. The number of pyridine rings is 1. The van der Waals surface area contributed by atoms with Gasteiger partial charge in [0, 0.05) is 31.9 Å². The Bertz CT molecular complexity index is 1080. The molecule has 1 saturated carbocycles. The summed E-state index contributed by atoms with van der Waals surface area (Å²) in [4.78, 5) is 25.1. The van der Waals surface area contributed by atoms with Crippen molar-refractivity contribution in [3.8, 4) is 0 Å². The first-order valence-corrected chi connectivity index (χ1v) is 9.66. The summed E-state index contributed by atoms with van der Waals surface area (Å²) in [5.74, 6) is -3.11. The molecular weight excluding hydrogens is 392 g/mol. The molecule has 28 heavy (non-hydrogen) atoms. The van der Waals surface area contributed by atoms with Gasteiger partial charge in [-0.15, -0.1) is 11.6 Å². The number of nitrogens with one attached hydrogen (secondary N) is 1. The number of anilines is 1. The van der Waals surface area contributed by atoms with Gasteiger partial charge < -0.3 is 19.9 Å². The lowest BCUT2D eigenvalue weighted by Crippen LogP contribution is -2.40. The van der Waals surface area contributed by atoms with E-state index in [0.717, 1.165) is 18.9 Å². The molecule has 0 radical (unpaired) electrons. The van der Waals surface area contributed by atoms with Crippen molar-refractivity contribution in [3.63, 3.8) is 0 Å². The molecule has 2 atom stereocenters. The number of halogens is 3. The second kappa shape index (κ2) is 5.90. The van der Waals surface area contributed by atoms with Gasteiger partial charge in [-0.25, -0.2) is 13.6 Å². The van der Waals surface area contributed by atoms with E-state index in [-0.39, 0.29) is 28.7 Å². The Morgan fingerprint density at radius 1 is 1.36 bits per heavy atom. The average Bonchev–Trinajstić information content (AvgIpc) is 3.33. The van der Waals surface area contributed by atoms with Crippen LogP contribution in [0.2, 0.25) is 0 Å². The molecule has 1 aromatic heterocycles. The van der Waals surface area contributed by atoms with Crippen LogP contribution in [0.1, 0.15) is 35.7 Å². The molecule has 2 aliphatic heterocycles. The third-order valence-electron chi connectivity index (χ3n) is 6.14. The third kappa shape index (κ3) is 2.40. The van der Waals surface area contributed by atoms with Crippen molar-refractivity contribution in [1.29, 1.82) is 0 Å². The second-order valence-corrected chi connectivity index (χ2v) is 8.61. The van der Waals surface area contributed by atoms with Gasteiger partial charge in [0.15, 0.2) is 5.82 Å². The minimum Gasteiger partial charge on any atom is -0.477 e. The van der Waals surface area contributed by atoms with Gasteiger partial charge in [-0.1, -0.05) is 0 Å². The lowest BCUT2D eigenvalue weighted by molar-refractivity contribution is 0.0695.